The van der Waals surface area contributed by atoms with Gasteiger partial charge in [0.15, 0.2) is 0 Å². The van der Waals surface area contributed by atoms with Crippen LogP contribution >= 0.6 is 71.0 Å². The average Bonchev–Trinajstić information content (AvgIpc) is 2.67. The summed E-state index contributed by atoms with van der Waals surface area (Å²) >= 11 is 20.8. The lowest BCUT2D eigenvalue weighted by molar-refractivity contribution is -0.167. The number of hydrogen-bond donors (Lipinski definition) is 2. The molecule has 0 radical (unpaired) electrons. The smallest absolute Gasteiger partial charge is 0.318 e. The second-order valence-corrected chi connectivity index (χ2v) is 9.13. The van der Waals surface area contributed by atoms with Crippen molar-refractivity contribution in [3.63, 3.8) is 0 Å². The Labute approximate surface area is 218 Å². The quantitative estimate of drug-likeness (QED) is 0.248. The number of halogens is 11. The minimum atomic E-state index is -4.93. The van der Waals surface area contributed by atoms with E-state index in [2.05, 4.69) is 47.8 Å². The minimum Gasteiger partial charge on any atom is -0.318 e. The van der Waals surface area contributed by atoms with E-state index >= 15 is 0 Å². The van der Waals surface area contributed by atoms with E-state index in [9.17, 15) is 35.9 Å². The van der Waals surface area contributed by atoms with Gasteiger partial charge in [0.25, 0.3) is 0 Å². The molecule has 2 rings (SSSR count). The van der Waals surface area contributed by atoms with E-state index in [0.717, 1.165) is 0 Å². The highest BCUT2D eigenvalue weighted by Gasteiger charge is 2.39. The Morgan fingerprint density at radius 2 is 1.21 bits per heavy atom. The number of benzene rings is 2. The van der Waals surface area contributed by atoms with Crippen molar-refractivity contribution in [1.82, 2.24) is 0 Å². The molecule has 0 saturated heterocycles. The fourth-order valence-electron chi connectivity index (χ4n) is 1.98. The summed E-state index contributed by atoms with van der Waals surface area (Å²) in [5, 5.41) is 4.25. The van der Waals surface area contributed by atoms with E-state index in [1.54, 1.807) is 17.6 Å². The number of anilines is 2. The summed E-state index contributed by atoms with van der Waals surface area (Å²) in [6, 6.07) is 5.56. The Kier molecular flexibility index (Phi) is 11.0. The fraction of sp³-hybridized carbons (Fsp3) is 0.222. The molecule has 0 aromatic heterocycles. The highest BCUT2D eigenvalue weighted by molar-refractivity contribution is 9.11. The van der Waals surface area contributed by atoms with Crippen LogP contribution < -0.4 is 10.6 Å². The first-order valence-electron chi connectivity index (χ1n) is 8.23. The van der Waals surface area contributed by atoms with E-state index in [1.165, 1.54) is 24.3 Å². The first kappa shape index (κ1) is 30.0. The summed E-state index contributed by atoms with van der Waals surface area (Å²) in [6.07, 6.45) is -9.84. The van der Waals surface area contributed by atoms with Crippen LogP contribution in [0.25, 0.3) is 0 Å². The third-order valence-electron chi connectivity index (χ3n) is 3.57. The fourth-order valence-corrected chi connectivity index (χ4v) is 3.62. The van der Waals surface area contributed by atoms with Gasteiger partial charge < -0.3 is 10.6 Å². The van der Waals surface area contributed by atoms with Gasteiger partial charge in [0.05, 0.1) is 10.0 Å². The van der Waals surface area contributed by atoms with Crippen LogP contribution in [-0.2, 0) is 14.9 Å². The van der Waals surface area contributed by atoms with E-state index in [4.69, 9.17) is 23.2 Å². The highest BCUT2D eigenvalue weighted by Crippen LogP contribution is 2.32. The molecule has 0 saturated carbocycles. The number of carbonyl (C=O) groups excluding carboxylic acids is 2. The van der Waals surface area contributed by atoms with Gasteiger partial charge in [-0.3, -0.25) is 9.59 Å². The summed E-state index contributed by atoms with van der Waals surface area (Å²) in [6.45, 7) is 1.56. The van der Waals surface area contributed by atoms with Crippen LogP contribution in [0.15, 0.2) is 33.2 Å². The monoisotopic (exact) mass is 708 g/mol. The van der Waals surface area contributed by atoms with Gasteiger partial charge in [0.2, 0.25) is 0 Å². The number of amides is 2. The molecule has 15 heteroatoms. The van der Waals surface area contributed by atoms with E-state index in [-0.39, 0.29) is 26.8 Å². The van der Waals surface area contributed by atoms with E-state index in [0.29, 0.717) is 20.1 Å². The van der Waals surface area contributed by atoms with Crippen molar-refractivity contribution in [2.24, 2.45) is 0 Å². The molecule has 2 amide bonds. The topological polar surface area (TPSA) is 58.2 Å². The predicted octanol–water partition coefficient (Wildman–Crippen LogP) is 8.41. The lowest BCUT2D eigenvalue weighted by Gasteiger charge is -2.12. The van der Waals surface area contributed by atoms with Gasteiger partial charge in [0, 0.05) is 25.7 Å². The van der Waals surface area contributed by atoms with E-state index < -0.39 is 24.2 Å². The normalized spacial score (nSPS) is 11.4. The maximum atomic E-state index is 12.1. The van der Waals surface area contributed by atoms with Crippen molar-refractivity contribution in [1.29, 1.82) is 0 Å². The summed E-state index contributed by atoms with van der Waals surface area (Å²) in [7, 11) is 0. The van der Waals surface area contributed by atoms with Crippen LogP contribution in [-0.4, -0.2) is 24.2 Å². The van der Waals surface area contributed by atoms with Crippen molar-refractivity contribution >= 4 is 94.2 Å². The molecule has 0 aliphatic rings. The lowest BCUT2D eigenvalue weighted by Crippen LogP contribution is -2.30. The van der Waals surface area contributed by atoms with Gasteiger partial charge in [-0.2, -0.15) is 26.3 Å². The minimum absolute atomic E-state index is 0.0254. The van der Waals surface area contributed by atoms with Crippen LogP contribution in [0.5, 0.6) is 0 Å². The molecule has 0 atom stereocenters. The molecule has 33 heavy (non-hydrogen) atoms. The summed E-state index contributed by atoms with van der Waals surface area (Å²) < 4.78 is 73.3. The largest absolute Gasteiger partial charge is 0.471 e. The molecule has 0 bridgehead atoms. The Balaban J connectivity index is 0.000000331. The Morgan fingerprint density at radius 1 is 0.818 bits per heavy atom. The maximum absolute atomic E-state index is 12.1. The van der Waals surface area contributed by atoms with Crippen LogP contribution in [0, 0.1) is 6.92 Å². The second-order valence-electron chi connectivity index (χ2n) is 6.04. The third-order valence-corrected chi connectivity index (χ3v) is 6.57. The molecule has 4 nitrogen and oxygen atoms in total. The predicted molar refractivity (Wildman–Crippen MR) is 125 cm³/mol. The molecule has 0 aliphatic carbocycles. The molecule has 2 aromatic carbocycles. The number of alkyl halides is 7. The zero-order chi connectivity index (χ0) is 25.7. The number of carbonyl (C=O) groups is 2. The number of nitrogens with one attached hydrogen (secondary N) is 2. The zero-order valence-corrected chi connectivity index (χ0v) is 22.3. The van der Waals surface area contributed by atoms with Crippen LogP contribution in [0.2, 0.25) is 10.0 Å². The zero-order valence-electron chi connectivity index (χ0n) is 16.0. The Bertz CT molecular complexity index is 1050. The van der Waals surface area contributed by atoms with Crippen molar-refractivity contribution in [2.75, 3.05) is 10.6 Å². The number of hydrogen-bond acceptors (Lipinski definition) is 2. The van der Waals surface area contributed by atoms with Crippen LogP contribution in [0.4, 0.5) is 37.7 Å². The van der Waals surface area contributed by atoms with Gasteiger partial charge in [0.1, 0.15) is 0 Å². The average molecular weight is 712 g/mol. The third kappa shape index (κ3) is 9.27. The Morgan fingerprint density at radius 3 is 1.64 bits per heavy atom. The molecular formula is C18H11Br3Cl2F6N2O2. The standard InChI is InChI=1S/C9H5Br2ClF3NO.C9H6BrClF3NO/c10-3-4-1-5(11)6(12)2-7(4)16-8(17)9(13,14)15;1-4-2-5(10)6(11)3-7(4)15-8(16)9(12,13)14/h1-2H,3H2,(H,16,17);2-3H,1H3,(H,15,16). The van der Waals surface area contributed by atoms with Gasteiger partial charge in [-0.15, -0.1) is 0 Å². The van der Waals surface area contributed by atoms with Crippen molar-refractivity contribution < 1.29 is 35.9 Å². The summed E-state index contributed by atoms with van der Waals surface area (Å²) in [5.74, 6) is -4.05. The van der Waals surface area contributed by atoms with Crippen molar-refractivity contribution in [3.8, 4) is 0 Å². The molecule has 0 heterocycles. The van der Waals surface area contributed by atoms with E-state index in [1.807, 2.05) is 0 Å². The van der Waals surface area contributed by atoms with Gasteiger partial charge in [-0.25, -0.2) is 0 Å². The van der Waals surface area contributed by atoms with Crippen molar-refractivity contribution in [2.45, 2.75) is 24.6 Å². The van der Waals surface area contributed by atoms with Crippen molar-refractivity contribution in [3.05, 3.63) is 54.4 Å². The van der Waals surface area contributed by atoms with Crippen LogP contribution in [0.3, 0.4) is 0 Å². The first-order chi connectivity index (χ1) is 15.0. The molecule has 2 aromatic rings. The molecule has 182 valence electrons. The summed E-state index contributed by atoms with van der Waals surface area (Å²) in [5.41, 5.74) is 1.03. The molecule has 0 aliphatic heterocycles. The summed E-state index contributed by atoms with van der Waals surface area (Å²) in [4.78, 5) is 21.5. The molecule has 0 fully saturated rings. The van der Waals surface area contributed by atoms with Gasteiger partial charge in [-0.1, -0.05) is 39.1 Å². The van der Waals surface area contributed by atoms with Crippen LogP contribution in [0.1, 0.15) is 11.1 Å². The molecule has 0 unspecified atom stereocenters. The number of aryl methyl sites for hydroxylation is 1. The number of rotatable bonds is 3. The lowest BCUT2D eigenvalue weighted by atomic mass is 10.2. The SMILES string of the molecule is Cc1cc(Br)c(Cl)cc1NC(=O)C(F)(F)F.O=C(Nc1cc(Cl)c(Br)cc1CBr)C(F)(F)F. The first-order valence-corrected chi connectivity index (χ1v) is 11.7. The second kappa shape index (κ2) is 12.1. The van der Waals surface area contributed by atoms with Gasteiger partial charge >= 0.3 is 24.2 Å². The molecule has 0 spiro atoms. The molecular weight excluding hydrogens is 701 g/mol. The maximum Gasteiger partial charge on any atom is 0.471 e. The van der Waals surface area contributed by atoms with Gasteiger partial charge in [-0.05, 0) is 74.2 Å². The Hall–Kier alpha value is -1.02. The highest BCUT2D eigenvalue weighted by atomic mass is 79.9. The molecule has 2 N–H and O–H groups in total.